The van der Waals surface area contributed by atoms with Crippen LogP contribution in [-0.4, -0.2) is 31.1 Å². The lowest BCUT2D eigenvalue weighted by atomic mass is 10.3. The molecule has 3 aromatic rings. The number of unbranched alkanes of at least 4 members (excludes halogenated alkanes) is 1. The lowest BCUT2D eigenvalue weighted by Crippen LogP contribution is -2.12. The summed E-state index contributed by atoms with van der Waals surface area (Å²) in [7, 11) is 0. The predicted octanol–water partition coefficient (Wildman–Crippen LogP) is 3.37. The van der Waals surface area contributed by atoms with Gasteiger partial charge in [0.2, 0.25) is 5.13 Å². The number of carbonyl (C=O) groups is 1. The lowest BCUT2D eigenvalue weighted by Gasteiger charge is -2.01. The molecule has 7 nitrogen and oxygen atoms in total. The van der Waals surface area contributed by atoms with E-state index in [2.05, 4.69) is 32.7 Å². The second-order valence-corrected chi connectivity index (χ2v) is 6.53. The normalized spacial score (nSPS) is 10.8. The number of benzene rings is 1. The van der Waals surface area contributed by atoms with Gasteiger partial charge in [-0.05, 0) is 18.6 Å². The molecule has 2 heterocycles. The van der Waals surface area contributed by atoms with Gasteiger partial charge in [0, 0.05) is 6.42 Å². The van der Waals surface area contributed by atoms with Crippen molar-refractivity contribution in [2.24, 2.45) is 0 Å². The van der Waals surface area contributed by atoms with Crippen molar-refractivity contribution >= 4 is 34.0 Å². The minimum atomic E-state index is -0.383. The summed E-state index contributed by atoms with van der Waals surface area (Å²) in [6, 6.07) is 7.20. The van der Waals surface area contributed by atoms with E-state index in [4.69, 9.17) is 11.6 Å². The van der Waals surface area contributed by atoms with Crippen LogP contribution in [0.1, 0.15) is 35.3 Å². The van der Waals surface area contributed by atoms with E-state index in [0.29, 0.717) is 15.8 Å². The van der Waals surface area contributed by atoms with E-state index in [1.54, 1.807) is 12.1 Å². The number of aryl methyl sites for hydroxylation is 1. The van der Waals surface area contributed by atoms with Crippen LogP contribution in [0.2, 0.25) is 5.02 Å². The average Bonchev–Trinajstić information content (AvgIpc) is 3.23. The van der Waals surface area contributed by atoms with Gasteiger partial charge in [-0.25, -0.2) is 4.68 Å². The number of anilines is 1. The number of amides is 1. The molecule has 3 rings (SSSR count). The second kappa shape index (κ2) is 7.50. The summed E-state index contributed by atoms with van der Waals surface area (Å²) in [6.07, 6.45) is 4.53. The zero-order valence-electron chi connectivity index (χ0n) is 12.9. The van der Waals surface area contributed by atoms with Gasteiger partial charge in [-0.2, -0.15) is 0 Å². The minimum Gasteiger partial charge on any atom is -0.295 e. The number of aromatic nitrogens is 5. The standard InChI is InChI=1S/C15H15ClN6OS/c1-2-3-8-13-19-20-15(24-13)17-14(23)11-9-22(21-18-11)12-7-5-4-6-10(12)16/h4-7,9H,2-3,8H2,1H3,(H,17,20,23). The first-order valence-corrected chi connectivity index (χ1v) is 8.68. The molecule has 0 atom stereocenters. The number of nitrogens with zero attached hydrogens (tertiary/aromatic N) is 5. The van der Waals surface area contributed by atoms with Crippen LogP contribution in [0.15, 0.2) is 30.5 Å². The highest BCUT2D eigenvalue weighted by atomic mass is 35.5. The number of carbonyl (C=O) groups excluding carboxylic acids is 1. The molecular formula is C15H15ClN6OS. The number of rotatable bonds is 6. The number of nitrogens with one attached hydrogen (secondary N) is 1. The van der Waals surface area contributed by atoms with Gasteiger partial charge in [0.15, 0.2) is 5.69 Å². The molecule has 124 valence electrons. The van der Waals surface area contributed by atoms with Crippen molar-refractivity contribution in [3.05, 3.63) is 46.2 Å². The zero-order valence-corrected chi connectivity index (χ0v) is 14.5. The summed E-state index contributed by atoms with van der Waals surface area (Å²) in [5.41, 5.74) is 0.837. The molecule has 0 aliphatic heterocycles. The predicted molar refractivity (Wildman–Crippen MR) is 92.8 cm³/mol. The zero-order chi connectivity index (χ0) is 16.9. The molecule has 1 N–H and O–H groups in total. The lowest BCUT2D eigenvalue weighted by molar-refractivity contribution is 0.102. The Balaban J connectivity index is 1.70. The van der Waals surface area contributed by atoms with Crippen molar-refractivity contribution in [3.63, 3.8) is 0 Å². The highest BCUT2D eigenvalue weighted by molar-refractivity contribution is 7.15. The summed E-state index contributed by atoms with van der Waals surface area (Å²) in [5, 5.41) is 20.4. The molecule has 0 bridgehead atoms. The molecule has 0 fully saturated rings. The van der Waals surface area contributed by atoms with Gasteiger partial charge in [0.25, 0.3) is 5.91 Å². The van der Waals surface area contributed by atoms with E-state index in [9.17, 15) is 4.79 Å². The number of halogens is 1. The Labute approximate surface area is 147 Å². The van der Waals surface area contributed by atoms with E-state index in [-0.39, 0.29) is 11.6 Å². The van der Waals surface area contributed by atoms with Gasteiger partial charge in [-0.1, -0.05) is 53.6 Å². The quantitative estimate of drug-likeness (QED) is 0.726. The van der Waals surface area contributed by atoms with Crippen LogP contribution in [0.5, 0.6) is 0 Å². The fourth-order valence-corrected chi connectivity index (χ4v) is 3.02. The Morgan fingerprint density at radius 3 is 2.92 bits per heavy atom. The highest BCUT2D eigenvalue weighted by Crippen LogP contribution is 2.20. The smallest absolute Gasteiger partial charge is 0.279 e. The van der Waals surface area contributed by atoms with E-state index >= 15 is 0 Å². The maximum absolute atomic E-state index is 12.2. The molecule has 0 unspecified atom stereocenters. The van der Waals surface area contributed by atoms with E-state index in [0.717, 1.165) is 24.3 Å². The monoisotopic (exact) mass is 362 g/mol. The number of hydrogen-bond acceptors (Lipinski definition) is 6. The first-order valence-electron chi connectivity index (χ1n) is 7.48. The van der Waals surface area contributed by atoms with Crippen LogP contribution >= 0.6 is 22.9 Å². The van der Waals surface area contributed by atoms with Crippen LogP contribution in [0.3, 0.4) is 0 Å². The molecule has 24 heavy (non-hydrogen) atoms. The summed E-state index contributed by atoms with van der Waals surface area (Å²) >= 11 is 7.49. The van der Waals surface area contributed by atoms with E-state index in [1.165, 1.54) is 22.2 Å². The molecule has 1 aromatic carbocycles. The summed E-state index contributed by atoms with van der Waals surface area (Å²) < 4.78 is 1.46. The van der Waals surface area contributed by atoms with Crippen molar-refractivity contribution in [1.82, 2.24) is 25.2 Å². The van der Waals surface area contributed by atoms with E-state index in [1.807, 2.05) is 12.1 Å². The molecule has 0 saturated carbocycles. The SMILES string of the molecule is CCCCc1nnc(NC(=O)c2cn(-c3ccccc3Cl)nn2)s1. The fraction of sp³-hybridized carbons (Fsp3) is 0.267. The number of para-hydroxylation sites is 1. The van der Waals surface area contributed by atoms with Gasteiger partial charge < -0.3 is 0 Å². The average molecular weight is 363 g/mol. The fourth-order valence-electron chi connectivity index (χ4n) is 2.02. The van der Waals surface area contributed by atoms with Crippen molar-refractivity contribution in [1.29, 1.82) is 0 Å². The third-order valence-corrected chi connectivity index (χ3v) is 4.47. The molecule has 2 aromatic heterocycles. The Kier molecular flexibility index (Phi) is 5.17. The van der Waals surface area contributed by atoms with Crippen LogP contribution in [0.25, 0.3) is 5.69 Å². The Hall–Kier alpha value is -2.32. The highest BCUT2D eigenvalue weighted by Gasteiger charge is 2.15. The van der Waals surface area contributed by atoms with Gasteiger partial charge in [0.1, 0.15) is 5.01 Å². The first kappa shape index (κ1) is 16.5. The Morgan fingerprint density at radius 2 is 2.12 bits per heavy atom. The van der Waals surface area contributed by atoms with Crippen molar-refractivity contribution < 1.29 is 4.79 Å². The molecule has 0 aliphatic carbocycles. The summed E-state index contributed by atoms with van der Waals surface area (Å²) in [5.74, 6) is -0.383. The summed E-state index contributed by atoms with van der Waals surface area (Å²) in [6.45, 7) is 2.12. The molecule has 0 saturated heterocycles. The van der Waals surface area contributed by atoms with Gasteiger partial charge >= 0.3 is 0 Å². The molecular weight excluding hydrogens is 348 g/mol. The maximum atomic E-state index is 12.2. The van der Waals surface area contributed by atoms with Crippen LogP contribution in [-0.2, 0) is 6.42 Å². The molecule has 0 radical (unpaired) electrons. The van der Waals surface area contributed by atoms with Gasteiger partial charge in [-0.15, -0.1) is 15.3 Å². The second-order valence-electron chi connectivity index (χ2n) is 5.06. The van der Waals surface area contributed by atoms with Crippen LogP contribution in [0, 0.1) is 0 Å². The topological polar surface area (TPSA) is 85.6 Å². The van der Waals surface area contributed by atoms with Crippen molar-refractivity contribution in [3.8, 4) is 5.69 Å². The van der Waals surface area contributed by atoms with E-state index < -0.39 is 0 Å². The minimum absolute atomic E-state index is 0.181. The maximum Gasteiger partial charge on any atom is 0.279 e. The van der Waals surface area contributed by atoms with Crippen molar-refractivity contribution in [2.45, 2.75) is 26.2 Å². The van der Waals surface area contributed by atoms with Gasteiger partial charge in [0.05, 0.1) is 16.9 Å². The van der Waals surface area contributed by atoms with Crippen LogP contribution in [0.4, 0.5) is 5.13 Å². The van der Waals surface area contributed by atoms with Gasteiger partial charge in [-0.3, -0.25) is 10.1 Å². The molecule has 0 spiro atoms. The summed E-state index contributed by atoms with van der Waals surface area (Å²) in [4.78, 5) is 12.2. The number of hydrogen-bond donors (Lipinski definition) is 1. The Bertz CT molecular complexity index is 846. The molecule has 1 amide bonds. The Morgan fingerprint density at radius 1 is 1.29 bits per heavy atom. The molecule has 9 heteroatoms. The van der Waals surface area contributed by atoms with Crippen molar-refractivity contribution in [2.75, 3.05) is 5.32 Å². The third kappa shape index (κ3) is 3.77. The third-order valence-electron chi connectivity index (χ3n) is 3.26. The largest absolute Gasteiger partial charge is 0.295 e. The molecule has 0 aliphatic rings. The van der Waals surface area contributed by atoms with Crippen LogP contribution < -0.4 is 5.32 Å². The first-order chi connectivity index (χ1) is 11.7.